The molecule has 0 radical (unpaired) electrons. The highest BCUT2D eigenvalue weighted by Crippen LogP contribution is 2.37. The SMILES string of the molecule is CC.NN/N=C(\N)c1c(-c2ccc(N)nc2)ccc(SC2CNC2)c1S(N)(=O)=O. The van der Waals surface area contributed by atoms with Crippen molar-refractivity contribution in [3.05, 3.63) is 36.0 Å². The van der Waals surface area contributed by atoms with E-state index in [1.54, 1.807) is 24.3 Å². The van der Waals surface area contributed by atoms with Gasteiger partial charge in [-0.3, -0.25) is 0 Å². The number of hydrazone groups is 1. The number of amidine groups is 1. The molecule has 0 saturated carbocycles. The highest BCUT2D eigenvalue weighted by molar-refractivity contribution is 8.00. The number of nitrogen functional groups attached to an aromatic ring is 1. The number of nitrogens with one attached hydrogen (secondary N) is 2. The zero-order chi connectivity index (χ0) is 21.6. The Balaban J connectivity index is 0.00000145. The summed E-state index contributed by atoms with van der Waals surface area (Å²) in [7, 11) is -4.11. The van der Waals surface area contributed by atoms with Crippen molar-refractivity contribution >= 4 is 33.4 Å². The summed E-state index contributed by atoms with van der Waals surface area (Å²) < 4.78 is 24.9. The van der Waals surface area contributed by atoms with Crippen LogP contribution in [0.3, 0.4) is 0 Å². The Bertz CT molecular complexity index is 974. The Kier molecular flexibility index (Phi) is 7.81. The zero-order valence-electron chi connectivity index (χ0n) is 16.2. The van der Waals surface area contributed by atoms with Gasteiger partial charge in [0.05, 0.1) is 0 Å². The number of nitrogens with zero attached hydrogens (tertiary/aromatic N) is 2. The molecule has 0 spiro atoms. The van der Waals surface area contributed by atoms with E-state index in [1.165, 1.54) is 18.0 Å². The molecule has 12 heteroatoms. The minimum atomic E-state index is -4.11. The van der Waals surface area contributed by atoms with Crippen LogP contribution in [0.2, 0.25) is 0 Å². The number of hydrogen-bond acceptors (Lipinski definition) is 9. The fourth-order valence-corrected chi connectivity index (χ4v) is 5.11. The Hall–Kier alpha value is -2.38. The lowest BCUT2D eigenvalue weighted by Gasteiger charge is -2.27. The maximum Gasteiger partial charge on any atom is 0.239 e. The van der Waals surface area contributed by atoms with Crippen molar-refractivity contribution in [2.75, 3.05) is 18.8 Å². The van der Waals surface area contributed by atoms with E-state index in [9.17, 15) is 8.42 Å². The minimum Gasteiger partial charge on any atom is -0.384 e. The number of hydrogen-bond donors (Lipinski definition) is 6. The van der Waals surface area contributed by atoms with Gasteiger partial charge in [-0.15, -0.1) is 16.9 Å². The number of anilines is 1. The van der Waals surface area contributed by atoms with Gasteiger partial charge in [0.2, 0.25) is 10.0 Å². The third-order valence-electron chi connectivity index (χ3n) is 3.98. The number of aromatic nitrogens is 1. The monoisotopic (exact) mass is 438 g/mol. The molecule has 2 aromatic rings. The van der Waals surface area contributed by atoms with Crippen molar-refractivity contribution in [1.82, 2.24) is 15.8 Å². The van der Waals surface area contributed by atoms with Gasteiger partial charge in [-0.2, -0.15) is 0 Å². The first-order chi connectivity index (χ1) is 13.8. The fraction of sp³-hybridized carbons (Fsp3) is 0.294. The topological polar surface area (TPSA) is 188 Å². The van der Waals surface area contributed by atoms with Crippen LogP contribution in [0.1, 0.15) is 19.4 Å². The number of benzene rings is 1. The smallest absolute Gasteiger partial charge is 0.239 e. The van der Waals surface area contributed by atoms with Crippen LogP contribution in [-0.4, -0.2) is 37.6 Å². The third-order valence-corrected chi connectivity index (χ3v) is 6.37. The second-order valence-electron chi connectivity index (χ2n) is 5.86. The first-order valence-electron chi connectivity index (χ1n) is 8.89. The first-order valence-corrected chi connectivity index (χ1v) is 11.3. The van der Waals surface area contributed by atoms with Crippen molar-refractivity contribution in [2.45, 2.75) is 28.9 Å². The maximum atomic E-state index is 12.5. The molecule has 0 aliphatic carbocycles. The van der Waals surface area contributed by atoms with Crippen LogP contribution in [0.15, 0.2) is 45.4 Å². The number of pyridine rings is 1. The summed E-state index contributed by atoms with van der Waals surface area (Å²) in [5.41, 5.74) is 15.0. The Morgan fingerprint density at radius 1 is 1.28 bits per heavy atom. The molecule has 1 fully saturated rings. The molecule has 1 aromatic heterocycles. The average Bonchev–Trinajstić information content (AvgIpc) is 2.66. The van der Waals surface area contributed by atoms with Gasteiger partial charge >= 0.3 is 0 Å². The van der Waals surface area contributed by atoms with Crippen LogP contribution in [-0.2, 0) is 10.0 Å². The Labute approximate surface area is 174 Å². The molecule has 1 aliphatic heterocycles. The quantitative estimate of drug-likeness (QED) is 0.158. The van der Waals surface area contributed by atoms with E-state index < -0.39 is 10.0 Å². The molecule has 158 valence electrons. The van der Waals surface area contributed by atoms with Crippen molar-refractivity contribution in [3.8, 4) is 11.1 Å². The minimum absolute atomic E-state index is 0.0924. The van der Waals surface area contributed by atoms with E-state index in [1.807, 2.05) is 13.8 Å². The van der Waals surface area contributed by atoms with E-state index in [-0.39, 0.29) is 21.5 Å². The number of rotatable bonds is 6. The van der Waals surface area contributed by atoms with Crippen LogP contribution >= 0.6 is 11.8 Å². The van der Waals surface area contributed by atoms with Crippen LogP contribution < -0.4 is 33.3 Å². The molecule has 0 atom stereocenters. The van der Waals surface area contributed by atoms with Crippen LogP contribution in [0.4, 0.5) is 5.82 Å². The fourth-order valence-electron chi connectivity index (χ4n) is 2.65. The number of thioether (sulfide) groups is 1. The van der Waals surface area contributed by atoms with Crippen LogP contribution in [0, 0.1) is 0 Å². The highest BCUT2D eigenvalue weighted by atomic mass is 32.2. The lowest BCUT2D eigenvalue weighted by atomic mass is 10.00. The molecular formula is C17H26N8O2S2. The largest absolute Gasteiger partial charge is 0.384 e. The molecule has 2 heterocycles. The van der Waals surface area contributed by atoms with E-state index in [4.69, 9.17) is 22.4 Å². The second-order valence-corrected chi connectivity index (χ2v) is 8.70. The molecule has 10 nitrogen and oxygen atoms in total. The third kappa shape index (κ3) is 5.36. The zero-order valence-corrected chi connectivity index (χ0v) is 17.8. The van der Waals surface area contributed by atoms with Gasteiger partial charge in [0.15, 0.2) is 5.84 Å². The summed E-state index contributed by atoms with van der Waals surface area (Å²) >= 11 is 1.42. The Morgan fingerprint density at radius 3 is 2.45 bits per heavy atom. The molecule has 29 heavy (non-hydrogen) atoms. The normalized spacial score (nSPS) is 14.6. The molecule has 0 bridgehead atoms. The highest BCUT2D eigenvalue weighted by Gasteiger charge is 2.28. The molecule has 1 aliphatic rings. The van der Waals surface area contributed by atoms with Crippen molar-refractivity contribution in [1.29, 1.82) is 0 Å². The summed E-state index contributed by atoms with van der Waals surface area (Å²) in [5, 5.41) is 12.7. The van der Waals surface area contributed by atoms with Gasteiger partial charge in [0, 0.05) is 40.6 Å². The summed E-state index contributed by atoms with van der Waals surface area (Å²) in [6.07, 6.45) is 1.52. The summed E-state index contributed by atoms with van der Waals surface area (Å²) in [5.74, 6) is 5.47. The maximum absolute atomic E-state index is 12.5. The first kappa shape index (κ1) is 22.9. The summed E-state index contributed by atoms with van der Waals surface area (Å²) in [4.78, 5) is 4.46. The lowest BCUT2D eigenvalue weighted by molar-refractivity contribution is 0.543. The van der Waals surface area contributed by atoms with Crippen molar-refractivity contribution in [3.63, 3.8) is 0 Å². The van der Waals surface area contributed by atoms with Gasteiger partial charge in [0.1, 0.15) is 10.7 Å². The van der Waals surface area contributed by atoms with E-state index in [0.29, 0.717) is 21.8 Å². The molecular weight excluding hydrogens is 412 g/mol. The number of nitrogens with two attached hydrogens (primary N) is 4. The standard InChI is InChI=1S/C15H20N8O2S2.C2H6/c16-12-4-1-8(5-21-12)10-2-3-11(26-9-6-20-7-9)14(27(19,24)25)13(10)15(17)22-23-18;1-2/h1-5,9,20,23H,6-7,18H2,(H2,16,21)(H2,17,22)(H2,19,24,25);1-2H3. The van der Waals surface area contributed by atoms with E-state index in [0.717, 1.165) is 13.1 Å². The summed E-state index contributed by atoms with van der Waals surface area (Å²) in [6, 6.07) is 6.78. The molecule has 10 N–H and O–H groups in total. The molecule has 0 unspecified atom stereocenters. The van der Waals surface area contributed by atoms with Crippen molar-refractivity contribution < 1.29 is 8.42 Å². The number of hydrazine groups is 1. The van der Waals surface area contributed by atoms with Gasteiger partial charge in [0.25, 0.3) is 0 Å². The molecule has 0 amide bonds. The van der Waals surface area contributed by atoms with Gasteiger partial charge < -0.3 is 16.8 Å². The number of sulfonamides is 1. The molecule has 1 aromatic carbocycles. The summed E-state index contributed by atoms with van der Waals surface area (Å²) in [6.45, 7) is 5.56. The van der Waals surface area contributed by atoms with Gasteiger partial charge in [-0.1, -0.05) is 19.9 Å². The van der Waals surface area contributed by atoms with E-state index in [2.05, 4.69) is 20.9 Å². The number of primary sulfonamides is 1. The Morgan fingerprint density at radius 2 is 1.97 bits per heavy atom. The van der Waals surface area contributed by atoms with Crippen molar-refractivity contribution in [2.24, 2.45) is 21.8 Å². The molecule has 3 rings (SSSR count). The average molecular weight is 439 g/mol. The predicted octanol–water partition coefficient (Wildman–Crippen LogP) is 0.152. The lowest BCUT2D eigenvalue weighted by Crippen LogP contribution is -2.44. The van der Waals surface area contributed by atoms with Gasteiger partial charge in [-0.05, 0) is 23.8 Å². The second kappa shape index (κ2) is 9.89. The van der Waals surface area contributed by atoms with E-state index >= 15 is 0 Å². The van der Waals surface area contributed by atoms with Crippen LogP contribution in [0.5, 0.6) is 0 Å². The predicted molar refractivity (Wildman–Crippen MR) is 117 cm³/mol. The van der Waals surface area contributed by atoms with Gasteiger partial charge in [-0.25, -0.2) is 29.9 Å². The van der Waals surface area contributed by atoms with Crippen LogP contribution in [0.25, 0.3) is 11.1 Å². The molecule has 1 saturated heterocycles.